The molecule has 0 spiro atoms. The van der Waals surface area contributed by atoms with Gasteiger partial charge in [-0.05, 0) is 30.7 Å². The highest BCUT2D eigenvalue weighted by Gasteiger charge is 2.33. The Hall–Kier alpha value is -3.55. The van der Waals surface area contributed by atoms with Gasteiger partial charge in [-0.2, -0.15) is 0 Å². The van der Waals surface area contributed by atoms with E-state index < -0.39 is 7.14 Å². The number of fused-ring (bicyclic) bond motifs is 1. The number of aryl methyl sites for hydroxylation is 2. The van der Waals surface area contributed by atoms with E-state index in [0.717, 1.165) is 49.3 Å². The Balaban J connectivity index is 1.95. The van der Waals surface area contributed by atoms with Gasteiger partial charge in [0.2, 0.25) is 0 Å². The molecule has 5 rings (SSSR count). The molecular formula is C28H23N2OP. The fourth-order valence-electron chi connectivity index (χ4n) is 4.25. The first-order valence-corrected chi connectivity index (χ1v) is 12.3. The zero-order chi connectivity index (χ0) is 22.1. The molecule has 0 aliphatic rings. The number of aromatic nitrogens is 2. The van der Waals surface area contributed by atoms with E-state index >= 15 is 4.57 Å². The molecular weight excluding hydrogens is 411 g/mol. The summed E-state index contributed by atoms with van der Waals surface area (Å²) in [7, 11) is -3.19. The van der Waals surface area contributed by atoms with Gasteiger partial charge in [-0.15, -0.1) is 0 Å². The molecule has 0 unspecified atom stereocenters. The van der Waals surface area contributed by atoms with Crippen LogP contribution in [0.25, 0.3) is 22.0 Å². The number of benzene rings is 4. The molecule has 0 fully saturated rings. The molecule has 156 valence electrons. The zero-order valence-electron chi connectivity index (χ0n) is 18.1. The Morgan fingerprint density at radius 2 is 1.28 bits per heavy atom. The van der Waals surface area contributed by atoms with Gasteiger partial charge in [0.05, 0.1) is 17.1 Å². The van der Waals surface area contributed by atoms with Crippen LogP contribution in [-0.4, -0.2) is 9.97 Å². The Labute approximate surface area is 188 Å². The van der Waals surface area contributed by atoms with E-state index in [1.807, 2.05) is 92.7 Å². The predicted octanol–water partition coefficient (Wildman–Crippen LogP) is 5.55. The molecule has 0 aliphatic heterocycles. The average Bonchev–Trinajstić information content (AvgIpc) is 2.85. The third-order valence-corrected chi connectivity index (χ3v) is 8.90. The minimum absolute atomic E-state index is 0.781. The van der Waals surface area contributed by atoms with E-state index in [-0.39, 0.29) is 0 Å². The largest absolute Gasteiger partial charge is 0.309 e. The minimum atomic E-state index is -3.19. The lowest BCUT2D eigenvalue weighted by atomic mass is 10.0. The maximum atomic E-state index is 15.2. The smallest absolute Gasteiger partial charge is 0.171 e. The fourth-order valence-corrected chi connectivity index (χ4v) is 7.11. The molecule has 4 aromatic carbocycles. The molecule has 5 aromatic rings. The fraction of sp³-hybridized carbons (Fsp3) is 0.0714. The highest BCUT2D eigenvalue weighted by molar-refractivity contribution is 7.85. The lowest BCUT2D eigenvalue weighted by molar-refractivity contribution is 0.592. The predicted molar refractivity (Wildman–Crippen MR) is 134 cm³/mol. The van der Waals surface area contributed by atoms with Crippen LogP contribution in [0.3, 0.4) is 0 Å². The molecule has 1 heterocycles. The standard InChI is InChI=1S/C28H23N2OP/c1-20-19-29-21(2)28(30-20)27-25-16-10-9-11-22(25)17-18-26(27)32(31,23-12-5-3-6-13-23)24-14-7-4-8-15-24/h3-19H,1-2H3. The van der Waals surface area contributed by atoms with Crippen LogP contribution in [0, 0.1) is 13.8 Å². The molecule has 0 saturated carbocycles. The summed E-state index contributed by atoms with van der Waals surface area (Å²) >= 11 is 0. The molecule has 0 bridgehead atoms. The van der Waals surface area contributed by atoms with Crippen molar-refractivity contribution in [2.24, 2.45) is 0 Å². The van der Waals surface area contributed by atoms with Gasteiger partial charge >= 0.3 is 0 Å². The summed E-state index contributed by atoms with van der Waals surface area (Å²) in [5.74, 6) is 0. The molecule has 32 heavy (non-hydrogen) atoms. The first-order chi connectivity index (χ1) is 15.6. The average molecular weight is 434 g/mol. The summed E-state index contributed by atoms with van der Waals surface area (Å²) < 4.78 is 15.2. The first-order valence-electron chi connectivity index (χ1n) is 10.6. The minimum Gasteiger partial charge on any atom is -0.309 e. The van der Waals surface area contributed by atoms with Crippen molar-refractivity contribution in [1.82, 2.24) is 9.97 Å². The van der Waals surface area contributed by atoms with Gasteiger partial charge in [-0.25, -0.2) is 4.98 Å². The Morgan fingerprint density at radius 1 is 0.688 bits per heavy atom. The quantitative estimate of drug-likeness (QED) is 0.348. The van der Waals surface area contributed by atoms with Gasteiger partial charge in [-0.1, -0.05) is 91.0 Å². The van der Waals surface area contributed by atoms with E-state index in [1.165, 1.54) is 0 Å². The molecule has 0 N–H and O–H groups in total. The lowest BCUT2D eigenvalue weighted by Gasteiger charge is -2.24. The summed E-state index contributed by atoms with van der Waals surface area (Å²) in [5.41, 5.74) is 3.33. The molecule has 1 aromatic heterocycles. The second-order valence-corrected chi connectivity index (χ2v) is 10.6. The van der Waals surface area contributed by atoms with Gasteiger partial charge in [0, 0.05) is 27.7 Å². The molecule has 0 atom stereocenters. The third kappa shape index (κ3) is 3.36. The summed E-state index contributed by atoms with van der Waals surface area (Å²) in [6, 6.07) is 31.8. The van der Waals surface area contributed by atoms with Crippen LogP contribution in [-0.2, 0) is 4.57 Å². The van der Waals surface area contributed by atoms with E-state index in [2.05, 4.69) is 23.2 Å². The summed E-state index contributed by atoms with van der Waals surface area (Å²) in [6.45, 7) is 3.90. The van der Waals surface area contributed by atoms with Crippen molar-refractivity contribution in [3.63, 3.8) is 0 Å². The van der Waals surface area contributed by atoms with Gasteiger partial charge in [0.25, 0.3) is 0 Å². The van der Waals surface area contributed by atoms with Crippen LogP contribution in [0.1, 0.15) is 11.4 Å². The van der Waals surface area contributed by atoms with Crippen molar-refractivity contribution in [2.45, 2.75) is 13.8 Å². The Morgan fingerprint density at radius 3 is 1.94 bits per heavy atom. The maximum Gasteiger partial charge on any atom is 0.171 e. The van der Waals surface area contributed by atoms with Gasteiger partial charge in [-0.3, -0.25) is 4.98 Å². The molecule has 3 nitrogen and oxygen atoms in total. The highest BCUT2D eigenvalue weighted by Crippen LogP contribution is 2.46. The van der Waals surface area contributed by atoms with Crippen LogP contribution in [0.5, 0.6) is 0 Å². The van der Waals surface area contributed by atoms with Crippen molar-refractivity contribution >= 4 is 33.8 Å². The van der Waals surface area contributed by atoms with E-state index in [1.54, 1.807) is 6.20 Å². The van der Waals surface area contributed by atoms with E-state index in [4.69, 9.17) is 4.98 Å². The lowest BCUT2D eigenvalue weighted by Crippen LogP contribution is -2.27. The number of rotatable bonds is 4. The van der Waals surface area contributed by atoms with Crippen molar-refractivity contribution in [3.8, 4) is 11.3 Å². The van der Waals surface area contributed by atoms with Crippen LogP contribution in [0.15, 0.2) is 103 Å². The van der Waals surface area contributed by atoms with Crippen molar-refractivity contribution < 1.29 is 4.57 Å². The van der Waals surface area contributed by atoms with Crippen LogP contribution in [0.2, 0.25) is 0 Å². The first kappa shape index (κ1) is 20.4. The second kappa shape index (κ2) is 8.18. The molecule has 0 saturated heterocycles. The summed E-state index contributed by atoms with van der Waals surface area (Å²) in [4.78, 5) is 9.45. The third-order valence-electron chi connectivity index (χ3n) is 5.80. The van der Waals surface area contributed by atoms with Crippen molar-refractivity contribution in [1.29, 1.82) is 0 Å². The molecule has 0 aliphatic carbocycles. The number of hydrogen-bond donors (Lipinski definition) is 0. The van der Waals surface area contributed by atoms with Gasteiger partial charge in [0.1, 0.15) is 0 Å². The summed E-state index contributed by atoms with van der Waals surface area (Å²) in [5, 5.41) is 4.51. The molecule has 4 heteroatoms. The highest BCUT2D eigenvalue weighted by atomic mass is 31.2. The van der Waals surface area contributed by atoms with Crippen molar-refractivity contribution in [2.75, 3.05) is 0 Å². The monoisotopic (exact) mass is 434 g/mol. The van der Waals surface area contributed by atoms with Crippen LogP contribution in [0.4, 0.5) is 0 Å². The normalized spacial score (nSPS) is 11.6. The van der Waals surface area contributed by atoms with Crippen molar-refractivity contribution in [3.05, 3.63) is 115 Å². The SMILES string of the molecule is Cc1cnc(C)c(-c2c(P(=O)(c3ccccc3)c3ccccc3)ccc3ccccc23)n1. The second-order valence-electron chi connectivity index (χ2n) is 7.91. The number of hydrogen-bond acceptors (Lipinski definition) is 3. The van der Waals surface area contributed by atoms with Gasteiger partial charge in [0.15, 0.2) is 7.14 Å². The van der Waals surface area contributed by atoms with Crippen LogP contribution >= 0.6 is 7.14 Å². The van der Waals surface area contributed by atoms with E-state index in [0.29, 0.717) is 0 Å². The maximum absolute atomic E-state index is 15.2. The Bertz CT molecular complexity index is 1420. The topological polar surface area (TPSA) is 42.9 Å². The zero-order valence-corrected chi connectivity index (χ0v) is 19.0. The molecule has 0 radical (unpaired) electrons. The number of nitrogens with zero attached hydrogens (tertiary/aromatic N) is 2. The van der Waals surface area contributed by atoms with Crippen LogP contribution < -0.4 is 15.9 Å². The molecule has 0 amide bonds. The summed E-state index contributed by atoms with van der Waals surface area (Å²) in [6.07, 6.45) is 1.78. The van der Waals surface area contributed by atoms with E-state index in [9.17, 15) is 0 Å². The van der Waals surface area contributed by atoms with Gasteiger partial charge < -0.3 is 4.57 Å². The Kier molecular flexibility index (Phi) is 5.20.